The number of halogens is 3. The second-order valence-corrected chi connectivity index (χ2v) is 4.56. The minimum Gasteiger partial charge on any atom is -0.493 e. The lowest BCUT2D eigenvalue weighted by Crippen LogP contribution is -2.34. The van der Waals surface area contributed by atoms with Gasteiger partial charge in [0.25, 0.3) is 0 Å². The lowest BCUT2D eigenvalue weighted by Gasteiger charge is -2.18. The van der Waals surface area contributed by atoms with Crippen LogP contribution in [0.25, 0.3) is 0 Å². The topological polar surface area (TPSA) is 50.7 Å². The molecule has 0 amide bonds. The molecule has 0 aliphatic heterocycles. The third-order valence-corrected chi connectivity index (χ3v) is 2.97. The van der Waals surface area contributed by atoms with Crippen LogP contribution in [0, 0.1) is 0 Å². The van der Waals surface area contributed by atoms with E-state index in [2.05, 4.69) is 5.32 Å². The average Bonchev–Trinajstić information content (AvgIpc) is 2.43. The molecule has 0 aliphatic rings. The maximum Gasteiger partial charge on any atom is 0.417 e. The summed E-state index contributed by atoms with van der Waals surface area (Å²) in [5.74, 6) is 0.486. The maximum atomic E-state index is 12.2. The number of aliphatic hydroxyl groups excluding tert-OH is 1. The van der Waals surface area contributed by atoms with Gasteiger partial charge < -0.3 is 19.9 Å². The van der Waals surface area contributed by atoms with Crippen LogP contribution >= 0.6 is 0 Å². The number of hydrogen-bond acceptors (Lipinski definition) is 4. The van der Waals surface area contributed by atoms with Crippen LogP contribution in [0.1, 0.15) is 25.5 Å². The van der Waals surface area contributed by atoms with Crippen molar-refractivity contribution in [2.24, 2.45) is 0 Å². The van der Waals surface area contributed by atoms with E-state index in [0.29, 0.717) is 5.75 Å². The van der Waals surface area contributed by atoms with Crippen LogP contribution in [0.2, 0.25) is 0 Å². The van der Waals surface area contributed by atoms with Gasteiger partial charge in [0.05, 0.1) is 7.11 Å². The smallest absolute Gasteiger partial charge is 0.417 e. The van der Waals surface area contributed by atoms with Crippen molar-refractivity contribution in [3.8, 4) is 11.5 Å². The van der Waals surface area contributed by atoms with Gasteiger partial charge >= 0.3 is 6.18 Å². The SMILES string of the molecule is CCNC(C)c1ccc(OCC(O)C(F)(F)F)c(OC)c1. The highest BCUT2D eigenvalue weighted by molar-refractivity contribution is 5.43. The van der Waals surface area contributed by atoms with Gasteiger partial charge in [-0.25, -0.2) is 0 Å². The van der Waals surface area contributed by atoms with Gasteiger partial charge in [0.2, 0.25) is 0 Å². The van der Waals surface area contributed by atoms with E-state index in [1.807, 2.05) is 13.8 Å². The van der Waals surface area contributed by atoms with Gasteiger partial charge in [0, 0.05) is 6.04 Å². The van der Waals surface area contributed by atoms with Crippen LogP contribution in [-0.4, -0.2) is 37.6 Å². The molecule has 7 heteroatoms. The Bertz CT molecular complexity index is 452. The molecule has 0 bridgehead atoms. The second-order valence-electron chi connectivity index (χ2n) is 4.56. The summed E-state index contributed by atoms with van der Waals surface area (Å²) in [7, 11) is 1.41. The summed E-state index contributed by atoms with van der Waals surface area (Å²) in [6.07, 6.45) is -7.23. The van der Waals surface area contributed by atoms with Gasteiger partial charge in [-0.3, -0.25) is 0 Å². The van der Waals surface area contributed by atoms with Crippen molar-refractivity contribution in [3.63, 3.8) is 0 Å². The molecule has 2 atom stereocenters. The van der Waals surface area contributed by atoms with E-state index in [1.165, 1.54) is 13.2 Å². The van der Waals surface area contributed by atoms with Gasteiger partial charge in [-0.2, -0.15) is 13.2 Å². The van der Waals surface area contributed by atoms with E-state index < -0.39 is 18.9 Å². The Labute approximate surface area is 121 Å². The van der Waals surface area contributed by atoms with Crippen molar-refractivity contribution < 1.29 is 27.8 Å². The quantitative estimate of drug-likeness (QED) is 0.813. The molecule has 0 spiro atoms. The van der Waals surface area contributed by atoms with Crippen LogP contribution in [-0.2, 0) is 0 Å². The molecule has 1 aromatic carbocycles. The highest BCUT2D eigenvalue weighted by Gasteiger charge is 2.38. The first-order valence-corrected chi connectivity index (χ1v) is 6.58. The summed E-state index contributed by atoms with van der Waals surface area (Å²) in [4.78, 5) is 0. The van der Waals surface area contributed by atoms with Crippen molar-refractivity contribution in [1.82, 2.24) is 5.32 Å². The third-order valence-electron chi connectivity index (χ3n) is 2.97. The van der Waals surface area contributed by atoms with Gasteiger partial charge in [-0.1, -0.05) is 13.0 Å². The highest BCUT2D eigenvalue weighted by atomic mass is 19.4. The van der Waals surface area contributed by atoms with Crippen molar-refractivity contribution in [2.75, 3.05) is 20.3 Å². The molecule has 0 aliphatic carbocycles. The van der Waals surface area contributed by atoms with Crippen molar-refractivity contribution in [1.29, 1.82) is 0 Å². The number of methoxy groups -OCH3 is 1. The minimum atomic E-state index is -4.70. The van der Waals surface area contributed by atoms with E-state index in [-0.39, 0.29) is 11.8 Å². The van der Waals surface area contributed by atoms with Gasteiger partial charge in [0.1, 0.15) is 6.61 Å². The van der Waals surface area contributed by atoms with Crippen LogP contribution in [0.15, 0.2) is 18.2 Å². The third kappa shape index (κ3) is 5.09. The number of rotatable bonds is 7. The predicted molar refractivity (Wildman–Crippen MR) is 72.6 cm³/mol. The molecule has 1 aromatic rings. The summed E-state index contributed by atoms with van der Waals surface area (Å²) in [6.45, 7) is 3.86. The summed E-state index contributed by atoms with van der Waals surface area (Å²) in [5.41, 5.74) is 0.928. The summed E-state index contributed by atoms with van der Waals surface area (Å²) in [6, 6.07) is 5.05. The Morgan fingerprint density at radius 3 is 2.48 bits per heavy atom. The Balaban J connectivity index is 2.80. The highest BCUT2D eigenvalue weighted by Crippen LogP contribution is 2.31. The molecule has 0 saturated carbocycles. The van der Waals surface area contributed by atoms with Crippen LogP contribution < -0.4 is 14.8 Å². The Hall–Kier alpha value is -1.47. The molecule has 21 heavy (non-hydrogen) atoms. The number of aliphatic hydroxyl groups is 1. The molecule has 2 unspecified atom stereocenters. The first-order chi connectivity index (χ1) is 9.79. The number of alkyl halides is 3. The Morgan fingerprint density at radius 2 is 1.95 bits per heavy atom. The second kappa shape index (κ2) is 7.51. The summed E-state index contributed by atoms with van der Waals surface area (Å²) < 4.78 is 46.8. The lowest BCUT2D eigenvalue weighted by atomic mass is 10.1. The Morgan fingerprint density at radius 1 is 1.29 bits per heavy atom. The minimum absolute atomic E-state index is 0.0821. The lowest BCUT2D eigenvalue weighted by molar-refractivity contribution is -0.210. The summed E-state index contributed by atoms with van der Waals surface area (Å²) in [5, 5.41) is 12.1. The standard InChI is InChI=1S/C14H20F3NO3/c1-4-18-9(2)10-5-6-11(12(7-10)20-3)21-8-13(19)14(15,16)17/h5-7,9,13,18-19H,4,8H2,1-3H3. The number of ether oxygens (including phenoxy) is 2. The fourth-order valence-corrected chi connectivity index (χ4v) is 1.76. The first kappa shape index (κ1) is 17.6. The zero-order chi connectivity index (χ0) is 16.0. The molecular weight excluding hydrogens is 287 g/mol. The molecule has 0 radical (unpaired) electrons. The summed E-state index contributed by atoms with van der Waals surface area (Å²) >= 11 is 0. The van der Waals surface area contributed by atoms with Gasteiger partial charge in [-0.15, -0.1) is 0 Å². The largest absolute Gasteiger partial charge is 0.493 e. The van der Waals surface area contributed by atoms with Crippen molar-refractivity contribution in [2.45, 2.75) is 32.2 Å². The van der Waals surface area contributed by atoms with E-state index >= 15 is 0 Å². The molecule has 1 rings (SSSR count). The monoisotopic (exact) mass is 307 g/mol. The molecule has 120 valence electrons. The van der Waals surface area contributed by atoms with Crippen molar-refractivity contribution >= 4 is 0 Å². The molecule has 0 aromatic heterocycles. The van der Waals surface area contributed by atoms with E-state index in [4.69, 9.17) is 14.6 Å². The Kier molecular flexibility index (Phi) is 6.29. The van der Waals surface area contributed by atoms with E-state index in [0.717, 1.165) is 12.1 Å². The van der Waals surface area contributed by atoms with E-state index in [9.17, 15) is 13.2 Å². The first-order valence-electron chi connectivity index (χ1n) is 6.58. The molecule has 0 fully saturated rings. The number of hydrogen-bond donors (Lipinski definition) is 2. The number of nitrogens with one attached hydrogen (secondary N) is 1. The van der Waals surface area contributed by atoms with Gasteiger partial charge in [-0.05, 0) is 31.2 Å². The molecular formula is C14H20F3NO3. The van der Waals surface area contributed by atoms with Gasteiger partial charge in [0.15, 0.2) is 17.6 Å². The predicted octanol–water partition coefficient (Wildman–Crippen LogP) is 2.67. The van der Waals surface area contributed by atoms with Crippen LogP contribution in [0.5, 0.6) is 11.5 Å². The fraction of sp³-hybridized carbons (Fsp3) is 0.571. The fourth-order valence-electron chi connectivity index (χ4n) is 1.76. The average molecular weight is 307 g/mol. The molecule has 0 saturated heterocycles. The molecule has 4 nitrogen and oxygen atoms in total. The maximum absolute atomic E-state index is 12.2. The normalized spacial score (nSPS) is 14.6. The van der Waals surface area contributed by atoms with Crippen LogP contribution in [0.4, 0.5) is 13.2 Å². The van der Waals surface area contributed by atoms with E-state index in [1.54, 1.807) is 12.1 Å². The number of benzene rings is 1. The molecule has 0 heterocycles. The van der Waals surface area contributed by atoms with Crippen LogP contribution in [0.3, 0.4) is 0 Å². The van der Waals surface area contributed by atoms with Crippen molar-refractivity contribution in [3.05, 3.63) is 23.8 Å². The zero-order valence-electron chi connectivity index (χ0n) is 12.2. The zero-order valence-corrected chi connectivity index (χ0v) is 12.2. The molecule has 2 N–H and O–H groups in total.